The molecule has 3 aromatic rings. The highest BCUT2D eigenvalue weighted by Crippen LogP contribution is 2.28. The third-order valence-corrected chi connectivity index (χ3v) is 5.60. The number of hydrazone groups is 1. The Balaban J connectivity index is 1.65. The predicted octanol–water partition coefficient (Wildman–Crippen LogP) is 4.65. The smallest absolute Gasteiger partial charge is 0.262 e. The molecule has 3 rings (SSSR count). The number of ether oxygens (including phenoxy) is 2. The summed E-state index contributed by atoms with van der Waals surface area (Å²) in [6.45, 7) is 1.74. The van der Waals surface area contributed by atoms with Crippen molar-refractivity contribution in [2.75, 3.05) is 6.61 Å². The van der Waals surface area contributed by atoms with E-state index >= 15 is 0 Å². The number of terminal acetylenes is 1. The van der Waals surface area contributed by atoms with E-state index in [1.807, 2.05) is 30.3 Å². The minimum atomic E-state index is -0.927. The van der Waals surface area contributed by atoms with Crippen LogP contribution in [0.4, 0.5) is 0 Å². The van der Waals surface area contributed by atoms with Gasteiger partial charge in [0.1, 0.15) is 24.1 Å². The molecule has 3 aromatic carbocycles. The molecular weight excluding hydrogens is 513 g/mol. The molecule has 37 heavy (non-hydrogen) atoms. The quantitative estimate of drug-likeness (QED) is 0.211. The molecule has 0 saturated heterocycles. The molecule has 0 spiro atoms. The van der Waals surface area contributed by atoms with Gasteiger partial charge in [-0.1, -0.05) is 59.5 Å². The zero-order chi connectivity index (χ0) is 26.6. The lowest BCUT2D eigenvalue weighted by Gasteiger charge is -2.21. The lowest BCUT2D eigenvalue weighted by Crippen LogP contribution is -2.50. The molecule has 0 aliphatic heterocycles. The Morgan fingerprint density at radius 2 is 1.78 bits per heavy atom. The van der Waals surface area contributed by atoms with Crippen molar-refractivity contribution in [3.05, 3.63) is 94.0 Å². The van der Waals surface area contributed by atoms with Crippen LogP contribution in [0, 0.1) is 12.3 Å². The van der Waals surface area contributed by atoms with Crippen molar-refractivity contribution in [3.8, 4) is 23.8 Å². The van der Waals surface area contributed by atoms with Gasteiger partial charge in [0.15, 0.2) is 6.10 Å². The van der Waals surface area contributed by atoms with Crippen molar-refractivity contribution in [1.29, 1.82) is 0 Å². The van der Waals surface area contributed by atoms with Gasteiger partial charge < -0.3 is 14.8 Å². The van der Waals surface area contributed by atoms with Crippen LogP contribution in [0.2, 0.25) is 10.0 Å². The van der Waals surface area contributed by atoms with E-state index in [0.717, 1.165) is 11.1 Å². The first-order chi connectivity index (χ1) is 17.9. The van der Waals surface area contributed by atoms with Crippen LogP contribution in [0.15, 0.2) is 77.9 Å². The van der Waals surface area contributed by atoms with Gasteiger partial charge in [-0.3, -0.25) is 9.59 Å². The third-order valence-electron chi connectivity index (χ3n) is 5.07. The second-order valence-corrected chi connectivity index (χ2v) is 8.73. The highest BCUT2D eigenvalue weighted by Gasteiger charge is 2.25. The summed E-state index contributed by atoms with van der Waals surface area (Å²) in [6.07, 6.45) is 6.00. The molecule has 0 aromatic heterocycles. The van der Waals surface area contributed by atoms with Crippen LogP contribution in [0.5, 0.6) is 11.5 Å². The van der Waals surface area contributed by atoms with E-state index in [2.05, 4.69) is 21.8 Å². The Kier molecular flexibility index (Phi) is 10.4. The van der Waals surface area contributed by atoms with Gasteiger partial charge in [0.2, 0.25) is 0 Å². The summed E-state index contributed by atoms with van der Waals surface area (Å²) in [5.41, 5.74) is 4.09. The molecule has 2 amide bonds. The Morgan fingerprint density at radius 1 is 1.05 bits per heavy atom. The van der Waals surface area contributed by atoms with Gasteiger partial charge >= 0.3 is 0 Å². The zero-order valence-corrected chi connectivity index (χ0v) is 21.5. The number of amides is 2. The Labute approximate surface area is 225 Å². The zero-order valence-electron chi connectivity index (χ0n) is 20.0. The first-order valence-corrected chi connectivity index (χ1v) is 12.1. The maximum atomic E-state index is 13.0. The van der Waals surface area contributed by atoms with E-state index < -0.39 is 24.0 Å². The molecule has 190 valence electrons. The average Bonchev–Trinajstić information content (AvgIpc) is 2.89. The second kappa shape index (κ2) is 13.9. The SMILES string of the molecule is C#CCOc1ccc(/C=N\NC(=O)[C@@H](Cc2ccccc2)NC(=O)[C@H](C)Oc2ccc(Cl)cc2Cl)cc1. The topological polar surface area (TPSA) is 89.0 Å². The number of nitrogens with zero attached hydrogens (tertiary/aromatic N) is 1. The number of halogens is 2. The summed E-state index contributed by atoms with van der Waals surface area (Å²) in [6, 6.07) is 20.1. The van der Waals surface area contributed by atoms with E-state index in [1.165, 1.54) is 12.3 Å². The van der Waals surface area contributed by atoms with Crippen LogP contribution in [0.1, 0.15) is 18.1 Å². The maximum absolute atomic E-state index is 13.0. The highest BCUT2D eigenvalue weighted by molar-refractivity contribution is 6.35. The maximum Gasteiger partial charge on any atom is 0.262 e. The molecule has 7 nitrogen and oxygen atoms in total. The van der Waals surface area contributed by atoms with Gasteiger partial charge in [0, 0.05) is 11.4 Å². The standard InChI is InChI=1S/C28H25Cl2N3O4/c1-3-15-36-23-12-9-21(10-13-23)18-31-33-28(35)25(16-20-7-5-4-6-8-20)32-27(34)19(2)37-26-14-11-22(29)17-24(26)30/h1,4-14,17-19,25H,15-16H2,2H3,(H,32,34)(H,33,35)/b31-18-/t19-,25+/m0/s1. The van der Waals surface area contributed by atoms with Crippen molar-refractivity contribution < 1.29 is 19.1 Å². The van der Waals surface area contributed by atoms with E-state index in [9.17, 15) is 9.59 Å². The summed E-state index contributed by atoms with van der Waals surface area (Å²) in [5, 5.41) is 7.49. The Hall–Kier alpha value is -3.99. The van der Waals surface area contributed by atoms with Crippen molar-refractivity contribution in [1.82, 2.24) is 10.7 Å². The predicted molar refractivity (Wildman–Crippen MR) is 145 cm³/mol. The average molecular weight is 538 g/mol. The van der Waals surface area contributed by atoms with Gasteiger partial charge in [-0.15, -0.1) is 6.42 Å². The lowest BCUT2D eigenvalue weighted by atomic mass is 10.1. The van der Waals surface area contributed by atoms with Crippen LogP contribution in [-0.4, -0.2) is 36.8 Å². The molecule has 0 unspecified atom stereocenters. The van der Waals surface area contributed by atoms with Crippen LogP contribution in [0.3, 0.4) is 0 Å². The fraction of sp³-hybridized carbons (Fsp3) is 0.179. The minimum Gasteiger partial charge on any atom is -0.481 e. The summed E-state index contributed by atoms with van der Waals surface area (Å²) >= 11 is 12.1. The van der Waals surface area contributed by atoms with Crippen LogP contribution < -0.4 is 20.2 Å². The number of benzene rings is 3. The molecule has 0 bridgehead atoms. The van der Waals surface area contributed by atoms with Crippen molar-refractivity contribution in [3.63, 3.8) is 0 Å². The molecular formula is C28H25Cl2N3O4. The lowest BCUT2D eigenvalue weighted by molar-refractivity contribution is -0.132. The third kappa shape index (κ3) is 8.87. The molecule has 0 aliphatic carbocycles. The van der Waals surface area contributed by atoms with Crippen molar-refractivity contribution >= 4 is 41.2 Å². The molecule has 0 saturated carbocycles. The number of rotatable bonds is 11. The first kappa shape index (κ1) is 27.6. The number of nitrogens with one attached hydrogen (secondary N) is 2. The summed E-state index contributed by atoms with van der Waals surface area (Å²) in [4.78, 5) is 25.8. The Bertz CT molecular complexity index is 1270. The largest absolute Gasteiger partial charge is 0.481 e. The fourth-order valence-corrected chi connectivity index (χ4v) is 3.64. The van der Waals surface area contributed by atoms with Gasteiger partial charge in [0.25, 0.3) is 11.8 Å². The fourth-order valence-electron chi connectivity index (χ4n) is 3.19. The summed E-state index contributed by atoms with van der Waals surface area (Å²) in [5.74, 6) is 2.35. The minimum absolute atomic E-state index is 0.175. The van der Waals surface area contributed by atoms with E-state index in [1.54, 1.807) is 43.3 Å². The van der Waals surface area contributed by atoms with Crippen LogP contribution in [-0.2, 0) is 16.0 Å². The van der Waals surface area contributed by atoms with Crippen LogP contribution in [0.25, 0.3) is 0 Å². The molecule has 2 atom stereocenters. The van der Waals surface area contributed by atoms with Crippen molar-refractivity contribution in [2.45, 2.75) is 25.5 Å². The number of hydrogen-bond acceptors (Lipinski definition) is 5. The molecule has 9 heteroatoms. The molecule has 0 heterocycles. The molecule has 0 aliphatic rings. The number of carbonyl (C=O) groups is 2. The molecule has 0 fully saturated rings. The van der Waals surface area contributed by atoms with Gasteiger partial charge in [-0.2, -0.15) is 5.10 Å². The van der Waals surface area contributed by atoms with Crippen LogP contribution >= 0.6 is 23.2 Å². The second-order valence-electron chi connectivity index (χ2n) is 7.88. The number of carbonyl (C=O) groups excluding carboxylic acids is 2. The monoisotopic (exact) mass is 537 g/mol. The number of hydrogen-bond donors (Lipinski definition) is 2. The van der Waals surface area contributed by atoms with Gasteiger partial charge in [0.05, 0.1) is 11.2 Å². The molecule has 0 radical (unpaired) electrons. The Morgan fingerprint density at radius 3 is 2.46 bits per heavy atom. The van der Waals surface area contributed by atoms with E-state index in [-0.39, 0.29) is 18.1 Å². The summed E-state index contributed by atoms with van der Waals surface area (Å²) < 4.78 is 11.0. The normalized spacial score (nSPS) is 12.3. The summed E-state index contributed by atoms with van der Waals surface area (Å²) in [7, 11) is 0. The van der Waals surface area contributed by atoms with E-state index in [4.69, 9.17) is 39.1 Å². The molecule has 2 N–H and O–H groups in total. The van der Waals surface area contributed by atoms with Gasteiger partial charge in [-0.05, 0) is 60.5 Å². The van der Waals surface area contributed by atoms with E-state index in [0.29, 0.717) is 16.5 Å². The first-order valence-electron chi connectivity index (χ1n) is 11.3. The van der Waals surface area contributed by atoms with Gasteiger partial charge in [-0.25, -0.2) is 5.43 Å². The highest BCUT2D eigenvalue weighted by atomic mass is 35.5. The van der Waals surface area contributed by atoms with Crippen molar-refractivity contribution in [2.24, 2.45) is 5.10 Å².